The van der Waals surface area contributed by atoms with Gasteiger partial charge in [0, 0.05) is 23.6 Å². The predicted molar refractivity (Wildman–Crippen MR) is 106 cm³/mol. The van der Waals surface area contributed by atoms with Crippen LogP contribution < -0.4 is 5.32 Å². The summed E-state index contributed by atoms with van der Waals surface area (Å²) in [5.41, 5.74) is 1.66. The molecule has 2 aromatic carbocycles. The maximum Gasteiger partial charge on any atom is 0.338 e. The van der Waals surface area contributed by atoms with Gasteiger partial charge < -0.3 is 20.1 Å². The van der Waals surface area contributed by atoms with Crippen LogP contribution >= 0.6 is 0 Å². The molecule has 1 unspecified atom stereocenters. The first-order valence-corrected chi connectivity index (χ1v) is 8.93. The Labute approximate surface area is 166 Å². The van der Waals surface area contributed by atoms with Gasteiger partial charge in [0.25, 0.3) is 5.91 Å². The fourth-order valence-corrected chi connectivity index (χ4v) is 2.63. The molecule has 3 rings (SSSR count). The van der Waals surface area contributed by atoms with Gasteiger partial charge in [-0.3, -0.25) is 4.79 Å². The van der Waals surface area contributed by atoms with Crippen molar-refractivity contribution >= 4 is 23.5 Å². The molecule has 0 fully saturated rings. The van der Waals surface area contributed by atoms with Crippen molar-refractivity contribution in [2.45, 2.75) is 19.4 Å². The summed E-state index contributed by atoms with van der Waals surface area (Å²) in [6, 6.07) is 12.4. The molecule has 148 valence electrons. The molecule has 1 atom stereocenters. The second-order valence-electron chi connectivity index (χ2n) is 6.19. The SMILES string of the molecule is CCC(OC(=O)c1ccc(-c2ncc[nH]2)cc1)C(=O)Nc1ccc(C(=O)O)cc1. The highest BCUT2D eigenvalue weighted by Gasteiger charge is 2.22. The Balaban J connectivity index is 1.62. The van der Waals surface area contributed by atoms with Crippen LogP contribution in [-0.2, 0) is 9.53 Å². The molecule has 0 aliphatic rings. The Bertz CT molecular complexity index is 996. The first-order chi connectivity index (χ1) is 14.0. The van der Waals surface area contributed by atoms with Crippen molar-refractivity contribution in [1.82, 2.24) is 9.97 Å². The average molecular weight is 393 g/mol. The van der Waals surface area contributed by atoms with Gasteiger partial charge >= 0.3 is 11.9 Å². The third kappa shape index (κ3) is 4.86. The number of H-pyrrole nitrogens is 1. The molecule has 8 nitrogen and oxygen atoms in total. The lowest BCUT2D eigenvalue weighted by molar-refractivity contribution is -0.124. The van der Waals surface area contributed by atoms with Crippen LogP contribution in [0.2, 0.25) is 0 Å². The highest BCUT2D eigenvalue weighted by molar-refractivity contribution is 5.98. The van der Waals surface area contributed by atoms with Crippen LogP contribution in [0.25, 0.3) is 11.4 Å². The smallest absolute Gasteiger partial charge is 0.338 e. The van der Waals surface area contributed by atoms with Crippen molar-refractivity contribution in [2.75, 3.05) is 5.32 Å². The van der Waals surface area contributed by atoms with Gasteiger partial charge in [0.05, 0.1) is 11.1 Å². The van der Waals surface area contributed by atoms with Gasteiger partial charge in [0.15, 0.2) is 6.10 Å². The number of hydrogen-bond donors (Lipinski definition) is 3. The van der Waals surface area contributed by atoms with E-state index in [2.05, 4.69) is 15.3 Å². The van der Waals surface area contributed by atoms with E-state index in [0.29, 0.717) is 17.1 Å². The highest BCUT2D eigenvalue weighted by atomic mass is 16.5. The second kappa shape index (κ2) is 8.83. The Kier molecular flexibility index (Phi) is 6.03. The number of amides is 1. The lowest BCUT2D eigenvalue weighted by atomic mass is 10.1. The fourth-order valence-electron chi connectivity index (χ4n) is 2.63. The molecule has 8 heteroatoms. The molecule has 1 heterocycles. The summed E-state index contributed by atoms with van der Waals surface area (Å²) in [6.45, 7) is 1.73. The van der Waals surface area contributed by atoms with Gasteiger partial charge in [-0.1, -0.05) is 19.1 Å². The number of esters is 1. The molecule has 1 aromatic heterocycles. The Morgan fingerprint density at radius 1 is 1.07 bits per heavy atom. The van der Waals surface area contributed by atoms with Crippen molar-refractivity contribution in [3.05, 3.63) is 72.1 Å². The van der Waals surface area contributed by atoms with E-state index in [9.17, 15) is 14.4 Å². The number of aromatic nitrogens is 2. The largest absolute Gasteiger partial charge is 0.478 e. The van der Waals surface area contributed by atoms with Crippen molar-refractivity contribution in [2.24, 2.45) is 0 Å². The van der Waals surface area contributed by atoms with Crippen molar-refractivity contribution < 1.29 is 24.2 Å². The summed E-state index contributed by atoms with van der Waals surface area (Å²) < 4.78 is 5.34. The quantitative estimate of drug-likeness (QED) is 0.529. The highest BCUT2D eigenvalue weighted by Crippen LogP contribution is 2.17. The summed E-state index contributed by atoms with van der Waals surface area (Å²) >= 11 is 0. The van der Waals surface area contributed by atoms with Crippen LogP contribution in [0, 0.1) is 0 Å². The third-order valence-electron chi connectivity index (χ3n) is 4.20. The first kappa shape index (κ1) is 19.8. The van der Waals surface area contributed by atoms with Crippen LogP contribution in [0.4, 0.5) is 5.69 Å². The van der Waals surface area contributed by atoms with Crippen LogP contribution in [-0.4, -0.2) is 39.0 Å². The zero-order chi connectivity index (χ0) is 20.8. The van der Waals surface area contributed by atoms with Crippen LogP contribution in [0.3, 0.4) is 0 Å². The fraction of sp³-hybridized carbons (Fsp3) is 0.143. The van der Waals surface area contributed by atoms with Crippen LogP contribution in [0.5, 0.6) is 0 Å². The van der Waals surface area contributed by atoms with E-state index >= 15 is 0 Å². The average Bonchev–Trinajstić information content (AvgIpc) is 3.27. The molecular formula is C21H19N3O5. The molecule has 3 N–H and O–H groups in total. The minimum atomic E-state index is -1.05. The van der Waals surface area contributed by atoms with Gasteiger partial charge in [-0.05, 0) is 42.8 Å². The number of aromatic carboxylic acids is 1. The van der Waals surface area contributed by atoms with Crippen molar-refractivity contribution in [3.63, 3.8) is 0 Å². The van der Waals surface area contributed by atoms with E-state index in [-0.39, 0.29) is 12.0 Å². The van der Waals surface area contributed by atoms with Crippen LogP contribution in [0.1, 0.15) is 34.1 Å². The number of imidazole rings is 1. The lowest BCUT2D eigenvalue weighted by Gasteiger charge is -2.16. The van der Waals surface area contributed by atoms with Gasteiger partial charge in [0.2, 0.25) is 0 Å². The number of carbonyl (C=O) groups is 3. The first-order valence-electron chi connectivity index (χ1n) is 8.93. The zero-order valence-corrected chi connectivity index (χ0v) is 15.6. The number of anilines is 1. The maximum atomic E-state index is 12.4. The number of rotatable bonds is 7. The molecule has 0 saturated heterocycles. The minimum absolute atomic E-state index is 0.111. The summed E-state index contributed by atoms with van der Waals surface area (Å²) in [6.07, 6.45) is 2.65. The third-order valence-corrected chi connectivity index (χ3v) is 4.20. The number of nitrogens with zero attached hydrogens (tertiary/aromatic N) is 1. The molecule has 0 aliphatic heterocycles. The number of hydrogen-bond acceptors (Lipinski definition) is 5. The number of carbonyl (C=O) groups excluding carboxylic acids is 2. The summed E-state index contributed by atoms with van der Waals surface area (Å²) in [7, 11) is 0. The van der Waals surface area contributed by atoms with Crippen LogP contribution in [0.15, 0.2) is 60.9 Å². The molecule has 3 aromatic rings. The monoisotopic (exact) mass is 393 g/mol. The van der Waals surface area contributed by atoms with Gasteiger partial charge in [-0.15, -0.1) is 0 Å². The topological polar surface area (TPSA) is 121 Å². The lowest BCUT2D eigenvalue weighted by Crippen LogP contribution is -2.32. The number of aromatic amines is 1. The molecular weight excluding hydrogens is 374 g/mol. The molecule has 0 bridgehead atoms. The summed E-state index contributed by atoms with van der Waals surface area (Å²) in [4.78, 5) is 42.8. The Hall–Kier alpha value is -3.94. The zero-order valence-electron chi connectivity index (χ0n) is 15.6. The van der Waals surface area contributed by atoms with E-state index in [1.54, 1.807) is 43.6 Å². The van der Waals surface area contributed by atoms with Crippen molar-refractivity contribution in [3.8, 4) is 11.4 Å². The molecule has 1 amide bonds. The van der Waals surface area contributed by atoms with Gasteiger partial charge in [0.1, 0.15) is 5.82 Å². The summed E-state index contributed by atoms with van der Waals surface area (Å²) in [5, 5.41) is 11.5. The number of ether oxygens (including phenoxy) is 1. The van der Waals surface area contributed by atoms with E-state index in [1.165, 1.54) is 24.3 Å². The second-order valence-corrected chi connectivity index (χ2v) is 6.19. The van der Waals surface area contributed by atoms with E-state index in [1.807, 2.05) is 0 Å². The number of carboxylic acids is 1. The standard InChI is InChI=1S/C21H19N3O5/c1-2-17(19(25)24-16-9-7-14(8-10-16)20(26)27)29-21(28)15-5-3-13(4-6-15)18-22-11-12-23-18/h3-12,17H,2H2,1H3,(H,22,23)(H,24,25)(H,26,27). The van der Waals surface area contributed by atoms with E-state index in [0.717, 1.165) is 5.56 Å². The number of benzene rings is 2. The summed E-state index contributed by atoms with van der Waals surface area (Å²) in [5.74, 6) is -1.47. The molecule has 29 heavy (non-hydrogen) atoms. The molecule has 0 radical (unpaired) electrons. The maximum absolute atomic E-state index is 12.4. The van der Waals surface area contributed by atoms with Gasteiger partial charge in [-0.2, -0.15) is 0 Å². The normalized spacial score (nSPS) is 11.5. The molecule has 0 saturated carbocycles. The van der Waals surface area contributed by atoms with Crippen molar-refractivity contribution in [1.29, 1.82) is 0 Å². The van der Waals surface area contributed by atoms with E-state index < -0.39 is 23.9 Å². The minimum Gasteiger partial charge on any atom is -0.478 e. The number of nitrogens with one attached hydrogen (secondary N) is 2. The Morgan fingerprint density at radius 3 is 2.28 bits per heavy atom. The molecule has 0 spiro atoms. The Morgan fingerprint density at radius 2 is 1.72 bits per heavy atom. The predicted octanol–water partition coefficient (Wildman–Crippen LogP) is 3.35. The van der Waals surface area contributed by atoms with Gasteiger partial charge in [-0.25, -0.2) is 14.6 Å². The number of carboxylic acid groups (broad SMARTS) is 1. The van der Waals surface area contributed by atoms with E-state index in [4.69, 9.17) is 9.84 Å². The molecule has 0 aliphatic carbocycles.